The molecule has 2 rings (SSSR count). The van der Waals surface area contributed by atoms with Gasteiger partial charge in [-0.15, -0.1) is 11.6 Å². The Morgan fingerprint density at radius 1 is 1.39 bits per heavy atom. The van der Waals surface area contributed by atoms with Gasteiger partial charge in [-0.05, 0) is 17.7 Å². The Labute approximate surface area is 117 Å². The van der Waals surface area contributed by atoms with Crippen LogP contribution in [0.5, 0.6) is 0 Å². The average Bonchev–Trinajstić information content (AvgIpc) is 2.38. The molecule has 1 unspecified atom stereocenters. The predicted molar refractivity (Wildman–Crippen MR) is 79.3 cm³/mol. The van der Waals surface area contributed by atoms with Crippen LogP contribution < -0.4 is 4.90 Å². The number of nitrogens with zero attached hydrogens (tertiary/aromatic N) is 1. The zero-order valence-corrected chi connectivity index (χ0v) is 12.6. The molecule has 1 atom stereocenters. The molecule has 1 heterocycles. The van der Waals surface area contributed by atoms with E-state index in [9.17, 15) is 8.42 Å². The highest BCUT2D eigenvalue weighted by atomic mass is 35.5. The average molecular weight is 306 g/mol. The number of halogens is 1. The Balaban J connectivity index is 2.28. The van der Waals surface area contributed by atoms with Crippen molar-refractivity contribution >= 4 is 38.9 Å². The van der Waals surface area contributed by atoms with Crippen molar-refractivity contribution in [2.24, 2.45) is 0 Å². The highest BCUT2D eigenvalue weighted by Gasteiger charge is 2.30. The number of anilines is 1. The summed E-state index contributed by atoms with van der Waals surface area (Å²) >= 11 is 7.45. The number of alkyl halides is 1. The molecular formula is C12H16ClNO2S2. The van der Waals surface area contributed by atoms with Crippen molar-refractivity contribution in [3.63, 3.8) is 0 Å². The molecule has 0 bridgehead atoms. The van der Waals surface area contributed by atoms with Crippen LogP contribution in [0.25, 0.3) is 0 Å². The minimum absolute atomic E-state index is 0.418. The van der Waals surface area contributed by atoms with Crippen molar-refractivity contribution in [2.45, 2.75) is 11.3 Å². The third-order valence-electron chi connectivity index (χ3n) is 3.00. The molecule has 0 saturated carbocycles. The summed E-state index contributed by atoms with van der Waals surface area (Å²) in [6, 6.07) is 7.80. The third-order valence-corrected chi connectivity index (χ3v) is 5.95. The maximum atomic E-state index is 11.8. The fraction of sp³-hybridized carbons (Fsp3) is 0.500. The SMILES string of the molecule is CS(=O)(=O)C1CSCCN1c1ccc(CCl)cc1. The second kappa shape index (κ2) is 5.72. The highest BCUT2D eigenvalue weighted by Crippen LogP contribution is 2.27. The van der Waals surface area contributed by atoms with Crippen LogP contribution in [-0.4, -0.2) is 38.1 Å². The lowest BCUT2D eigenvalue weighted by Crippen LogP contribution is -2.47. The largest absolute Gasteiger partial charge is 0.353 e. The predicted octanol–water partition coefficient (Wildman–Crippen LogP) is 2.35. The van der Waals surface area contributed by atoms with Gasteiger partial charge in [0, 0.05) is 35.9 Å². The van der Waals surface area contributed by atoms with E-state index in [-0.39, 0.29) is 0 Å². The van der Waals surface area contributed by atoms with Gasteiger partial charge in [-0.25, -0.2) is 8.42 Å². The van der Waals surface area contributed by atoms with E-state index in [1.165, 1.54) is 6.26 Å². The van der Waals surface area contributed by atoms with E-state index in [4.69, 9.17) is 11.6 Å². The molecule has 6 heteroatoms. The Hall–Kier alpha value is -0.390. The molecule has 1 aromatic carbocycles. The summed E-state index contributed by atoms with van der Waals surface area (Å²) in [7, 11) is -3.06. The molecule has 1 saturated heterocycles. The van der Waals surface area contributed by atoms with Gasteiger partial charge >= 0.3 is 0 Å². The summed E-state index contributed by atoms with van der Waals surface area (Å²) in [5.41, 5.74) is 2.00. The van der Waals surface area contributed by atoms with E-state index in [0.29, 0.717) is 11.6 Å². The van der Waals surface area contributed by atoms with E-state index >= 15 is 0 Å². The van der Waals surface area contributed by atoms with Crippen molar-refractivity contribution in [1.82, 2.24) is 0 Å². The van der Waals surface area contributed by atoms with Crippen LogP contribution in [0.3, 0.4) is 0 Å². The number of rotatable bonds is 3. The molecule has 1 aliphatic heterocycles. The second-order valence-electron chi connectivity index (χ2n) is 4.35. The quantitative estimate of drug-likeness (QED) is 0.803. The summed E-state index contributed by atoms with van der Waals surface area (Å²) < 4.78 is 23.6. The zero-order chi connectivity index (χ0) is 13.2. The van der Waals surface area contributed by atoms with Crippen molar-refractivity contribution in [3.8, 4) is 0 Å². The van der Waals surface area contributed by atoms with Crippen molar-refractivity contribution < 1.29 is 8.42 Å². The van der Waals surface area contributed by atoms with Crippen LogP contribution in [0.4, 0.5) is 5.69 Å². The number of thioether (sulfide) groups is 1. The molecule has 0 amide bonds. The van der Waals surface area contributed by atoms with Crippen LogP contribution in [0.15, 0.2) is 24.3 Å². The third kappa shape index (κ3) is 3.13. The van der Waals surface area contributed by atoms with Gasteiger partial charge in [0.15, 0.2) is 9.84 Å². The van der Waals surface area contributed by atoms with Gasteiger partial charge in [0.25, 0.3) is 0 Å². The Morgan fingerprint density at radius 3 is 2.61 bits per heavy atom. The molecular weight excluding hydrogens is 290 g/mol. The molecule has 0 radical (unpaired) electrons. The first-order chi connectivity index (χ1) is 8.52. The molecule has 0 aliphatic carbocycles. The van der Waals surface area contributed by atoms with Gasteiger partial charge in [0.1, 0.15) is 5.37 Å². The van der Waals surface area contributed by atoms with Crippen LogP contribution in [0, 0.1) is 0 Å². The van der Waals surface area contributed by atoms with Crippen LogP contribution in [0.1, 0.15) is 5.56 Å². The van der Waals surface area contributed by atoms with Gasteiger partial charge in [0.05, 0.1) is 0 Å². The minimum atomic E-state index is -3.06. The summed E-state index contributed by atoms with van der Waals surface area (Å²) in [6.45, 7) is 0.766. The maximum Gasteiger partial charge on any atom is 0.169 e. The van der Waals surface area contributed by atoms with Crippen molar-refractivity contribution in [1.29, 1.82) is 0 Å². The normalized spacial score (nSPS) is 21.0. The fourth-order valence-electron chi connectivity index (χ4n) is 2.01. The number of sulfone groups is 1. The molecule has 100 valence electrons. The Bertz CT molecular complexity index is 501. The Morgan fingerprint density at radius 2 is 2.06 bits per heavy atom. The monoisotopic (exact) mass is 305 g/mol. The number of benzene rings is 1. The van der Waals surface area contributed by atoms with Gasteiger partial charge in [0.2, 0.25) is 0 Å². The standard InChI is InChI=1S/C12H16ClNO2S2/c1-18(15,16)12-9-17-7-6-14(12)11-4-2-10(8-13)3-5-11/h2-5,12H,6-9H2,1H3. The lowest BCUT2D eigenvalue weighted by atomic mass is 10.2. The molecule has 1 aromatic rings. The molecule has 18 heavy (non-hydrogen) atoms. The number of hydrogen-bond donors (Lipinski definition) is 0. The van der Waals surface area contributed by atoms with E-state index < -0.39 is 15.2 Å². The van der Waals surface area contributed by atoms with E-state index in [1.807, 2.05) is 29.2 Å². The molecule has 0 N–H and O–H groups in total. The molecule has 0 spiro atoms. The van der Waals surface area contributed by atoms with E-state index in [2.05, 4.69) is 0 Å². The second-order valence-corrected chi connectivity index (χ2v) is 7.97. The fourth-order valence-corrected chi connectivity index (χ4v) is 5.03. The summed E-state index contributed by atoms with van der Waals surface area (Å²) in [5, 5.41) is -0.418. The first-order valence-electron chi connectivity index (χ1n) is 5.70. The maximum absolute atomic E-state index is 11.8. The molecule has 1 aliphatic rings. The summed E-state index contributed by atoms with van der Waals surface area (Å²) in [6.07, 6.45) is 1.31. The molecule has 3 nitrogen and oxygen atoms in total. The van der Waals surface area contributed by atoms with Gasteiger partial charge in [-0.3, -0.25) is 0 Å². The van der Waals surface area contributed by atoms with Crippen LogP contribution >= 0.6 is 23.4 Å². The summed E-state index contributed by atoms with van der Waals surface area (Å²) in [4.78, 5) is 1.98. The van der Waals surface area contributed by atoms with E-state index in [1.54, 1.807) is 11.8 Å². The smallest absolute Gasteiger partial charge is 0.169 e. The minimum Gasteiger partial charge on any atom is -0.353 e. The molecule has 1 fully saturated rings. The van der Waals surface area contributed by atoms with Crippen LogP contribution in [-0.2, 0) is 15.7 Å². The molecule has 0 aromatic heterocycles. The van der Waals surface area contributed by atoms with Gasteiger partial charge in [-0.1, -0.05) is 12.1 Å². The highest BCUT2D eigenvalue weighted by molar-refractivity contribution is 8.01. The lowest BCUT2D eigenvalue weighted by Gasteiger charge is -2.35. The zero-order valence-electron chi connectivity index (χ0n) is 10.2. The van der Waals surface area contributed by atoms with Crippen molar-refractivity contribution in [2.75, 3.05) is 29.2 Å². The van der Waals surface area contributed by atoms with Gasteiger partial charge < -0.3 is 4.90 Å². The Kier molecular flexibility index (Phi) is 4.45. The first kappa shape index (κ1) is 14.0. The van der Waals surface area contributed by atoms with Crippen molar-refractivity contribution in [3.05, 3.63) is 29.8 Å². The van der Waals surface area contributed by atoms with Crippen LogP contribution in [0.2, 0.25) is 0 Å². The first-order valence-corrected chi connectivity index (χ1v) is 9.35. The number of hydrogen-bond acceptors (Lipinski definition) is 4. The van der Waals surface area contributed by atoms with E-state index in [0.717, 1.165) is 23.5 Å². The summed E-state index contributed by atoms with van der Waals surface area (Å²) in [5.74, 6) is 2.07. The topological polar surface area (TPSA) is 37.4 Å². The lowest BCUT2D eigenvalue weighted by molar-refractivity contribution is 0.584. The van der Waals surface area contributed by atoms with Gasteiger partial charge in [-0.2, -0.15) is 11.8 Å².